The van der Waals surface area contributed by atoms with E-state index in [2.05, 4.69) is 10.0 Å². The fourth-order valence-corrected chi connectivity index (χ4v) is 4.20. The van der Waals surface area contributed by atoms with E-state index in [1.54, 1.807) is 18.2 Å². The third kappa shape index (κ3) is 5.10. The van der Waals surface area contributed by atoms with E-state index < -0.39 is 32.5 Å². The molecule has 0 saturated carbocycles. The van der Waals surface area contributed by atoms with Crippen molar-refractivity contribution in [2.45, 2.75) is 9.79 Å². The minimum absolute atomic E-state index is 0.181. The maximum Gasteiger partial charge on any atom is 0.261 e. The Bertz CT molecular complexity index is 1200. The molecule has 1 amide bonds. The van der Waals surface area contributed by atoms with Crippen LogP contribution in [0.4, 0.5) is 20.2 Å². The van der Waals surface area contributed by atoms with E-state index in [9.17, 15) is 22.0 Å². The van der Waals surface area contributed by atoms with Gasteiger partial charge >= 0.3 is 0 Å². The van der Waals surface area contributed by atoms with Gasteiger partial charge in [-0.15, -0.1) is 11.8 Å². The number of hydrogen-bond donors (Lipinski definition) is 2. The zero-order chi connectivity index (χ0) is 21.9. The molecule has 0 spiro atoms. The van der Waals surface area contributed by atoms with Gasteiger partial charge in [0.15, 0.2) is 11.6 Å². The Labute approximate surface area is 181 Å². The van der Waals surface area contributed by atoms with Crippen LogP contribution in [0, 0.1) is 11.6 Å². The van der Waals surface area contributed by atoms with Gasteiger partial charge in [-0.2, -0.15) is 0 Å². The van der Waals surface area contributed by atoms with Crippen LogP contribution in [0.5, 0.6) is 0 Å². The molecule has 10 heteroatoms. The van der Waals surface area contributed by atoms with Crippen molar-refractivity contribution in [1.29, 1.82) is 0 Å². The van der Waals surface area contributed by atoms with Crippen LogP contribution in [0.1, 0.15) is 10.4 Å². The summed E-state index contributed by atoms with van der Waals surface area (Å²) in [6.45, 7) is 0. The Kier molecular flexibility index (Phi) is 6.64. The molecule has 156 valence electrons. The molecule has 0 bridgehead atoms. The van der Waals surface area contributed by atoms with Gasteiger partial charge in [0.25, 0.3) is 15.9 Å². The molecule has 0 heterocycles. The summed E-state index contributed by atoms with van der Waals surface area (Å²) in [5.74, 6) is -2.82. The third-order valence-corrected chi connectivity index (χ3v) is 6.45. The van der Waals surface area contributed by atoms with Gasteiger partial charge in [-0.3, -0.25) is 9.52 Å². The van der Waals surface area contributed by atoms with Gasteiger partial charge in [0.05, 0.1) is 15.5 Å². The van der Waals surface area contributed by atoms with Gasteiger partial charge in [-0.25, -0.2) is 17.2 Å². The van der Waals surface area contributed by atoms with Gasteiger partial charge in [0.2, 0.25) is 0 Å². The molecule has 2 N–H and O–H groups in total. The van der Waals surface area contributed by atoms with Gasteiger partial charge in [0, 0.05) is 16.3 Å². The lowest BCUT2D eigenvalue weighted by Gasteiger charge is -2.11. The van der Waals surface area contributed by atoms with Crippen molar-refractivity contribution < 1.29 is 22.0 Å². The molecule has 0 radical (unpaired) electrons. The van der Waals surface area contributed by atoms with Gasteiger partial charge in [-0.1, -0.05) is 11.6 Å². The van der Waals surface area contributed by atoms with Crippen molar-refractivity contribution >= 4 is 50.7 Å². The molecule has 0 atom stereocenters. The molecule has 3 aromatic rings. The summed E-state index contributed by atoms with van der Waals surface area (Å²) in [6.07, 6.45) is 1.88. The number of amides is 1. The highest BCUT2D eigenvalue weighted by Crippen LogP contribution is 2.25. The van der Waals surface area contributed by atoms with E-state index in [1.165, 1.54) is 36.0 Å². The lowest BCUT2D eigenvalue weighted by Crippen LogP contribution is -2.14. The summed E-state index contributed by atoms with van der Waals surface area (Å²) in [7, 11) is -4.11. The van der Waals surface area contributed by atoms with E-state index in [0.717, 1.165) is 17.0 Å². The minimum atomic E-state index is -4.11. The van der Waals surface area contributed by atoms with Crippen molar-refractivity contribution in [2.75, 3.05) is 16.3 Å². The Hall–Kier alpha value is -2.62. The number of halogens is 3. The first-order chi connectivity index (χ1) is 14.2. The van der Waals surface area contributed by atoms with Crippen LogP contribution in [-0.4, -0.2) is 20.6 Å². The number of carbonyl (C=O) groups is 1. The number of benzene rings is 3. The van der Waals surface area contributed by atoms with Crippen LogP contribution in [0.3, 0.4) is 0 Å². The third-order valence-electron chi connectivity index (χ3n) is 4.01. The molecule has 0 aliphatic rings. The van der Waals surface area contributed by atoms with E-state index >= 15 is 0 Å². The van der Waals surface area contributed by atoms with Gasteiger partial charge in [0.1, 0.15) is 0 Å². The largest absolute Gasteiger partial charge is 0.322 e. The van der Waals surface area contributed by atoms with E-state index in [0.29, 0.717) is 22.3 Å². The van der Waals surface area contributed by atoms with Crippen molar-refractivity contribution in [1.82, 2.24) is 0 Å². The second kappa shape index (κ2) is 9.03. The Balaban J connectivity index is 1.73. The normalized spacial score (nSPS) is 11.2. The molecule has 30 heavy (non-hydrogen) atoms. The first-order valence-corrected chi connectivity index (χ1v) is 11.5. The molecule has 0 unspecified atom stereocenters. The summed E-state index contributed by atoms with van der Waals surface area (Å²) in [6, 6.07) is 13.2. The number of carbonyl (C=O) groups excluding carboxylic acids is 1. The molecule has 0 fully saturated rings. The van der Waals surface area contributed by atoms with E-state index in [4.69, 9.17) is 11.6 Å². The van der Waals surface area contributed by atoms with Crippen LogP contribution >= 0.6 is 23.4 Å². The van der Waals surface area contributed by atoms with Crippen LogP contribution in [0.25, 0.3) is 0 Å². The second-order valence-electron chi connectivity index (χ2n) is 6.06. The maximum atomic E-state index is 13.3. The highest BCUT2D eigenvalue weighted by atomic mass is 35.5. The summed E-state index contributed by atoms with van der Waals surface area (Å²) in [5, 5.41) is 2.99. The maximum absolute atomic E-state index is 13.3. The van der Waals surface area contributed by atoms with Gasteiger partial charge < -0.3 is 5.32 Å². The van der Waals surface area contributed by atoms with Crippen molar-refractivity contribution in [2.24, 2.45) is 0 Å². The fraction of sp³-hybridized carbons (Fsp3) is 0.0500. The number of rotatable bonds is 6. The summed E-state index contributed by atoms with van der Waals surface area (Å²) in [4.78, 5) is 12.9. The van der Waals surface area contributed by atoms with Crippen molar-refractivity contribution in [3.8, 4) is 0 Å². The summed E-state index contributed by atoms with van der Waals surface area (Å²) in [5.41, 5.74) is 0.910. The molecule has 0 aliphatic carbocycles. The standard InChI is InChI=1S/C20H15ClF2N2O3S2/c1-29-14-6-8-17(21)16(10-14)20(26)24-12-2-4-13(5-3-12)25-30(27,28)15-7-9-18(22)19(23)11-15/h2-11,25H,1H3,(H,24,26). The molecular formula is C20H15ClF2N2O3S2. The summed E-state index contributed by atoms with van der Waals surface area (Å²) >= 11 is 7.57. The van der Waals surface area contributed by atoms with Crippen molar-refractivity contribution in [3.63, 3.8) is 0 Å². The lowest BCUT2D eigenvalue weighted by molar-refractivity contribution is 0.102. The average Bonchev–Trinajstić information content (AvgIpc) is 2.71. The van der Waals surface area contributed by atoms with Crippen LogP contribution in [-0.2, 0) is 10.0 Å². The summed E-state index contributed by atoms with van der Waals surface area (Å²) < 4.78 is 53.3. The number of hydrogen-bond acceptors (Lipinski definition) is 4. The highest BCUT2D eigenvalue weighted by molar-refractivity contribution is 7.98. The SMILES string of the molecule is CSc1ccc(Cl)c(C(=O)Nc2ccc(NS(=O)(=O)c3ccc(F)c(F)c3)cc2)c1. The fourth-order valence-electron chi connectivity index (χ4n) is 2.48. The van der Waals surface area contributed by atoms with E-state index in [1.807, 2.05) is 6.26 Å². The Morgan fingerprint density at radius 3 is 2.23 bits per heavy atom. The minimum Gasteiger partial charge on any atom is -0.322 e. The van der Waals surface area contributed by atoms with Crippen molar-refractivity contribution in [3.05, 3.63) is 82.9 Å². The molecular weight excluding hydrogens is 454 g/mol. The number of nitrogens with one attached hydrogen (secondary N) is 2. The highest BCUT2D eigenvalue weighted by Gasteiger charge is 2.17. The molecule has 0 saturated heterocycles. The Morgan fingerprint density at radius 2 is 1.60 bits per heavy atom. The second-order valence-corrected chi connectivity index (χ2v) is 9.03. The van der Waals surface area contributed by atoms with Crippen LogP contribution in [0.15, 0.2) is 70.5 Å². The number of sulfonamides is 1. The topological polar surface area (TPSA) is 75.3 Å². The quantitative estimate of drug-likeness (QED) is 0.475. The molecule has 3 aromatic carbocycles. The predicted molar refractivity (Wildman–Crippen MR) is 115 cm³/mol. The average molecular weight is 469 g/mol. The van der Waals surface area contributed by atoms with E-state index in [-0.39, 0.29) is 5.69 Å². The predicted octanol–water partition coefficient (Wildman–Crippen LogP) is 5.39. The molecule has 0 aromatic heterocycles. The Morgan fingerprint density at radius 1 is 0.933 bits per heavy atom. The first kappa shape index (κ1) is 22.1. The molecule has 3 rings (SSSR count). The number of anilines is 2. The molecule has 5 nitrogen and oxygen atoms in total. The van der Waals surface area contributed by atoms with Gasteiger partial charge in [-0.05, 0) is 66.9 Å². The zero-order valence-corrected chi connectivity index (χ0v) is 17.8. The lowest BCUT2D eigenvalue weighted by atomic mass is 10.2. The molecule has 0 aliphatic heterocycles. The monoisotopic (exact) mass is 468 g/mol. The smallest absolute Gasteiger partial charge is 0.261 e. The first-order valence-electron chi connectivity index (χ1n) is 8.42. The van der Waals surface area contributed by atoms with Crippen LogP contribution in [0.2, 0.25) is 5.02 Å². The van der Waals surface area contributed by atoms with Crippen LogP contribution < -0.4 is 10.0 Å². The zero-order valence-electron chi connectivity index (χ0n) is 15.4. The number of thioether (sulfide) groups is 1.